The van der Waals surface area contributed by atoms with Crippen molar-refractivity contribution in [3.05, 3.63) is 39.5 Å². The molecule has 0 atom stereocenters. The van der Waals surface area contributed by atoms with E-state index in [9.17, 15) is 0 Å². The summed E-state index contributed by atoms with van der Waals surface area (Å²) >= 11 is 5.13. The van der Waals surface area contributed by atoms with Crippen molar-refractivity contribution in [3.8, 4) is 16.9 Å². The minimum atomic E-state index is 0.301. The second-order valence-corrected chi connectivity index (χ2v) is 4.28. The van der Waals surface area contributed by atoms with Crippen LogP contribution >= 0.6 is 27.3 Å². The van der Waals surface area contributed by atoms with Gasteiger partial charge in [-0.1, -0.05) is 12.1 Å². The molecule has 13 heavy (non-hydrogen) atoms. The van der Waals surface area contributed by atoms with Crippen molar-refractivity contribution in [3.63, 3.8) is 0 Å². The van der Waals surface area contributed by atoms with E-state index in [1.807, 2.05) is 17.5 Å². The standard InChI is InChI=1S/C10H7BrOS/c11-10-6-13-5-9(10)7-1-3-8(12)4-2-7/h1-6,12H. The number of phenols is 1. The summed E-state index contributed by atoms with van der Waals surface area (Å²) in [4.78, 5) is 0. The molecule has 0 unspecified atom stereocenters. The topological polar surface area (TPSA) is 20.2 Å². The number of phenolic OH excluding ortho intramolecular Hbond substituents is 1. The molecule has 1 N–H and O–H groups in total. The zero-order valence-electron chi connectivity index (χ0n) is 6.70. The van der Waals surface area contributed by atoms with Gasteiger partial charge in [0.2, 0.25) is 0 Å². The molecular formula is C10H7BrOS. The lowest BCUT2D eigenvalue weighted by Crippen LogP contribution is -1.73. The van der Waals surface area contributed by atoms with Crippen LogP contribution in [0.1, 0.15) is 0 Å². The molecule has 0 fully saturated rings. The first-order chi connectivity index (χ1) is 6.27. The number of rotatable bonds is 1. The van der Waals surface area contributed by atoms with Gasteiger partial charge in [-0.05, 0) is 39.0 Å². The van der Waals surface area contributed by atoms with E-state index in [1.54, 1.807) is 23.5 Å². The summed E-state index contributed by atoms with van der Waals surface area (Å²) in [5.74, 6) is 0.301. The Bertz CT molecular complexity index is 405. The summed E-state index contributed by atoms with van der Waals surface area (Å²) < 4.78 is 1.10. The molecule has 1 nitrogen and oxygen atoms in total. The van der Waals surface area contributed by atoms with Gasteiger partial charge in [0.05, 0.1) is 0 Å². The van der Waals surface area contributed by atoms with Crippen LogP contribution in [0.15, 0.2) is 39.5 Å². The lowest BCUT2D eigenvalue weighted by atomic mass is 10.1. The van der Waals surface area contributed by atoms with Crippen molar-refractivity contribution < 1.29 is 5.11 Å². The zero-order valence-corrected chi connectivity index (χ0v) is 9.10. The first-order valence-electron chi connectivity index (χ1n) is 3.78. The number of aromatic hydroxyl groups is 1. The second-order valence-electron chi connectivity index (χ2n) is 2.68. The van der Waals surface area contributed by atoms with E-state index < -0.39 is 0 Å². The van der Waals surface area contributed by atoms with Crippen LogP contribution in [-0.2, 0) is 0 Å². The average molecular weight is 255 g/mol. The van der Waals surface area contributed by atoms with Crippen LogP contribution in [0, 0.1) is 0 Å². The Labute approximate surface area is 88.8 Å². The SMILES string of the molecule is Oc1ccc(-c2cscc2Br)cc1. The minimum absolute atomic E-state index is 0.301. The Morgan fingerprint density at radius 3 is 2.31 bits per heavy atom. The smallest absolute Gasteiger partial charge is 0.115 e. The highest BCUT2D eigenvalue weighted by molar-refractivity contribution is 9.10. The van der Waals surface area contributed by atoms with Gasteiger partial charge in [-0.25, -0.2) is 0 Å². The Hall–Kier alpha value is -0.800. The van der Waals surface area contributed by atoms with E-state index >= 15 is 0 Å². The van der Waals surface area contributed by atoms with E-state index in [-0.39, 0.29) is 0 Å². The lowest BCUT2D eigenvalue weighted by molar-refractivity contribution is 0.475. The highest BCUT2D eigenvalue weighted by atomic mass is 79.9. The van der Waals surface area contributed by atoms with Crippen LogP contribution in [0.5, 0.6) is 5.75 Å². The highest BCUT2D eigenvalue weighted by Crippen LogP contribution is 2.32. The van der Waals surface area contributed by atoms with Gasteiger partial charge >= 0.3 is 0 Å². The number of thiophene rings is 1. The average Bonchev–Trinajstić information content (AvgIpc) is 2.53. The molecule has 1 heterocycles. The van der Waals surface area contributed by atoms with Gasteiger partial charge in [-0.15, -0.1) is 0 Å². The molecule has 0 spiro atoms. The van der Waals surface area contributed by atoms with Crippen molar-refractivity contribution in [2.24, 2.45) is 0 Å². The van der Waals surface area contributed by atoms with Crippen LogP contribution in [0.25, 0.3) is 11.1 Å². The van der Waals surface area contributed by atoms with Crippen molar-refractivity contribution >= 4 is 27.3 Å². The van der Waals surface area contributed by atoms with Gasteiger partial charge in [-0.3, -0.25) is 0 Å². The third kappa shape index (κ3) is 1.76. The van der Waals surface area contributed by atoms with Crippen molar-refractivity contribution in [2.75, 3.05) is 0 Å². The second kappa shape index (κ2) is 3.52. The molecule has 66 valence electrons. The van der Waals surface area contributed by atoms with E-state index in [4.69, 9.17) is 5.11 Å². The predicted molar refractivity (Wildman–Crippen MR) is 59.1 cm³/mol. The summed E-state index contributed by atoms with van der Waals surface area (Å²) in [6, 6.07) is 7.20. The van der Waals surface area contributed by atoms with Crippen molar-refractivity contribution in [1.29, 1.82) is 0 Å². The maximum atomic E-state index is 9.11. The normalized spacial score (nSPS) is 10.2. The maximum absolute atomic E-state index is 9.11. The third-order valence-corrected chi connectivity index (χ3v) is 3.50. The van der Waals surface area contributed by atoms with Crippen LogP contribution in [-0.4, -0.2) is 5.11 Å². The Balaban J connectivity index is 2.47. The molecule has 1 aromatic heterocycles. The van der Waals surface area contributed by atoms with Gasteiger partial charge in [-0.2, -0.15) is 11.3 Å². The molecule has 2 aromatic rings. The fraction of sp³-hybridized carbons (Fsp3) is 0. The fourth-order valence-corrected chi connectivity index (χ4v) is 2.66. The molecular weight excluding hydrogens is 248 g/mol. The molecule has 0 aliphatic rings. The summed E-state index contributed by atoms with van der Waals surface area (Å²) in [7, 11) is 0. The molecule has 0 saturated carbocycles. The highest BCUT2D eigenvalue weighted by Gasteiger charge is 2.02. The maximum Gasteiger partial charge on any atom is 0.115 e. The molecule has 0 aliphatic heterocycles. The van der Waals surface area contributed by atoms with Crippen LogP contribution in [0.3, 0.4) is 0 Å². The molecule has 1 aromatic carbocycles. The molecule has 0 bridgehead atoms. The largest absolute Gasteiger partial charge is 0.508 e. The van der Waals surface area contributed by atoms with Crippen LogP contribution < -0.4 is 0 Å². The summed E-state index contributed by atoms with van der Waals surface area (Å²) in [5.41, 5.74) is 2.29. The Kier molecular flexibility index (Phi) is 2.38. The fourth-order valence-electron chi connectivity index (χ4n) is 1.13. The van der Waals surface area contributed by atoms with Gasteiger partial charge in [0.1, 0.15) is 5.75 Å². The molecule has 0 saturated heterocycles. The Morgan fingerprint density at radius 2 is 1.77 bits per heavy atom. The first-order valence-corrected chi connectivity index (χ1v) is 5.52. The number of benzene rings is 1. The van der Waals surface area contributed by atoms with Gasteiger partial charge in [0.25, 0.3) is 0 Å². The quantitative estimate of drug-likeness (QED) is 0.819. The molecule has 2 rings (SSSR count). The predicted octanol–water partition coefficient (Wildman–Crippen LogP) is 3.88. The first kappa shape index (κ1) is 8.78. The number of hydrogen-bond acceptors (Lipinski definition) is 2. The van der Waals surface area contributed by atoms with Crippen LogP contribution in [0.4, 0.5) is 0 Å². The summed E-state index contributed by atoms with van der Waals surface area (Å²) in [6.45, 7) is 0. The minimum Gasteiger partial charge on any atom is -0.508 e. The third-order valence-electron chi connectivity index (χ3n) is 1.79. The van der Waals surface area contributed by atoms with E-state index in [1.165, 1.54) is 5.56 Å². The van der Waals surface area contributed by atoms with E-state index in [0.29, 0.717) is 5.75 Å². The lowest BCUT2D eigenvalue weighted by Gasteiger charge is -1.98. The van der Waals surface area contributed by atoms with Crippen molar-refractivity contribution in [1.82, 2.24) is 0 Å². The molecule has 0 amide bonds. The Morgan fingerprint density at radius 1 is 1.08 bits per heavy atom. The summed E-state index contributed by atoms with van der Waals surface area (Å²) in [5, 5.41) is 13.2. The molecule has 0 aliphatic carbocycles. The molecule has 3 heteroatoms. The monoisotopic (exact) mass is 254 g/mol. The van der Waals surface area contributed by atoms with Crippen LogP contribution in [0.2, 0.25) is 0 Å². The number of hydrogen-bond donors (Lipinski definition) is 1. The van der Waals surface area contributed by atoms with Gasteiger partial charge in [0, 0.05) is 15.4 Å². The van der Waals surface area contributed by atoms with Crippen molar-refractivity contribution in [2.45, 2.75) is 0 Å². The van der Waals surface area contributed by atoms with E-state index in [2.05, 4.69) is 21.3 Å². The summed E-state index contributed by atoms with van der Waals surface area (Å²) in [6.07, 6.45) is 0. The molecule has 0 radical (unpaired) electrons. The van der Waals surface area contributed by atoms with Gasteiger partial charge < -0.3 is 5.11 Å². The van der Waals surface area contributed by atoms with Gasteiger partial charge in [0.15, 0.2) is 0 Å². The van der Waals surface area contributed by atoms with E-state index in [0.717, 1.165) is 10.0 Å². The zero-order chi connectivity index (χ0) is 9.26. The number of halogens is 1.